The van der Waals surface area contributed by atoms with Crippen molar-refractivity contribution < 1.29 is 19.2 Å². The highest BCUT2D eigenvalue weighted by molar-refractivity contribution is 5.77. The lowest BCUT2D eigenvalue weighted by atomic mass is 9.92. The van der Waals surface area contributed by atoms with E-state index in [1.807, 2.05) is 0 Å². The summed E-state index contributed by atoms with van der Waals surface area (Å²) in [5.74, 6) is 1.04. The number of hydrogen-bond donors (Lipinski definition) is 3. The Morgan fingerprint density at radius 1 is 0.917 bits per heavy atom. The zero-order valence-electron chi connectivity index (χ0n) is 14.4. The Balaban J connectivity index is 1.49. The van der Waals surface area contributed by atoms with Crippen LogP contribution in [0.25, 0.3) is 0 Å². The molecule has 0 aromatic heterocycles. The van der Waals surface area contributed by atoms with Gasteiger partial charge in [-0.1, -0.05) is 6.42 Å². The highest BCUT2D eigenvalue weighted by Crippen LogP contribution is 2.41. The molecule has 0 unspecified atom stereocenters. The van der Waals surface area contributed by atoms with E-state index in [-0.39, 0.29) is 23.6 Å². The van der Waals surface area contributed by atoms with Crippen molar-refractivity contribution in [1.82, 2.24) is 10.6 Å². The summed E-state index contributed by atoms with van der Waals surface area (Å²) in [5.41, 5.74) is -0.567. The van der Waals surface area contributed by atoms with E-state index >= 15 is 0 Å². The van der Waals surface area contributed by atoms with E-state index in [1.165, 1.54) is 19.3 Å². The van der Waals surface area contributed by atoms with Gasteiger partial charge < -0.3 is 14.6 Å². The first-order valence-corrected chi connectivity index (χ1v) is 9.86. The predicted molar refractivity (Wildman–Crippen MR) is 88.7 cm³/mol. The number of ether oxygens (including phenoxy) is 2. The van der Waals surface area contributed by atoms with Crippen LogP contribution in [0.15, 0.2) is 0 Å². The van der Waals surface area contributed by atoms with E-state index in [0.717, 1.165) is 64.1 Å². The number of guanidine groups is 1. The molecule has 3 fully saturated rings. The molecular formula is C18H30N3O3+. The van der Waals surface area contributed by atoms with Gasteiger partial charge in [-0.25, -0.2) is 10.6 Å². The molecule has 0 aromatic carbocycles. The standard InChI is InChI=1S/C18H29N3O3/c22-15-10-13-11-17(7-3-5-9-23-17)19-16-20-18(12-14(15)21(13)16)6-2-1-4-8-24-18/h13-15,22H,1-12H2,(H,19,20)/p+1/t13-,14+,15-,17-,18-/m0/s1. The van der Waals surface area contributed by atoms with Crippen molar-refractivity contribution in [2.45, 2.75) is 93.8 Å². The summed E-state index contributed by atoms with van der Waals surface area (Å²) >= 11 is 0. The number of hydrogen-bond acceptors (Lipinski definition) is 5. The Labute approximate surface area is 143 Å². The van der Waals surface area contributed by atoms with Crippen LogP contribution in [-0.2, 0) is 9.47 Å². The van der Waals surface area contributed by atoms with Gasteiger partial charge in [-0.15, -0.1) is 0 Å². The fraction of sp³-hybridized carbons (Fsp3) is 0.944. The van der Waals surface area contributed by atoms with Gasteiger partial charge in [0.05, 0.1) is 25.4 Å². The summed E-state index contributed by atoms with van der Waals surface area (Å²) in [6.07, 6.45) is 10.4. The maximum atomic E-state index is 10.7. The van der Waals surface area contributed by atoms with Crippen LogP contribution in [-0.4, -0.2) is 58.5 Å². The minimum atomic E-state index is -0.316. The number of aliphatic hydroxyl groups is 1. The molecule has 5 aliphatic heterocycles. The number of aliphatic hydroxyl groups excluding tert-OH is 1. The Kier molecular flexibility index (Phi) is 3.58. The van der Waals surface area contributed by atoms with Gasteiger partial charge in [0.15, 0.2) is 11.4 Å². The van der Waals surface area contributed by atoms with Crippen molar-refractivity contribution in [1.29, 1.82) is 0 Å². The van der Waals surface area contributed by atoms with E-state index < -0.39 is 0 Å². The molecule has 24 heavy (non-hydrogen) atoms. The zero-order chi connectivity index (χ0) is 16.2. The van der Waals surface area contributed by atoms with Crippen LogP contribution in [0.1, 0.15) is 64.2 Å². The molecule has 134 valence electrons. The van der Waals surface area contributed by atoms with Crippen LogP contribution in [0.4, 0.5) is 0 Å². The monoisotopic (exact) mass is 336 g/mol. The van der Waals surface area contributed by atoms with Crippen molar-refractivity contribution in [3.63, 3.8) is 0 Å². The van der Waals surface area contributed by atoms with Crippen molar-refractivity contribution in [3.8, 4) is 0 Å². The largest absolute Gasteiger partial charge is 0.389 e. The SMILES string of the molecule is O[C@H]1C[C@H]2C[C@@]3(CCCCO3)NC3=[N+]2[C@@H]1C[C@@]1(CCCCCO1)N3. The quantitative estimate of drug-likeness (QED) is 0.577. The summed E-state index contributed by atoms with van der Waals surface area (Å²) in [6, 6.07) is 0.535. The molecule has 0 radical (unpaired) electrons. The van der Waals surface area contributed by atoms with Gasteiger partial charge in [0.2, 0.25) is 0 Å². The van der Waals surface area contributed by atoms with Crippen LogP contribution < -0.4 is 10.6 Å². The zero-order valence-corrected chi connectivity index (χ0v) is 14.4. The van der Waals surface area contributed by atoms with Crippen LogP contribution >= 0.6 is 0 Å². The minimum Gasteiger partial charge on any atom is -0.389 e. The molecule has 5 heterocycles. The molecule has 5 atom stereocenters. The highest BCUT2D eigenvalue weighted by Gasteiger charge is 2.59. The maximum Gasteiger partial charge on any atom is 0.351 e. The molecule has 3 N–H and O–H groups in total. The molecule has 5 aliphatic rings. The molecule has 0 aromatic rings. The van der Waals surface area contributed by atoms with Crippen molar-refractivity contribution in [2.24, 2.45) is 0 Å². The summed E-state index contributed by atoms with van der Waals surface area (Å²) in [6.45, 7) is 1.65. The molecule has 5 rings (SSSR count). The average molecular weight is 336 g/mol. The fourth-order valence-corrected chi connectivity index (χ4v) is 5.58. The molecule has 3 saturated heterocycles. The van der Waals surface area contributed by atoms with E-state index in [2.05, 4.69) is 15.2 Å². The van der Waals surface area contributed by atoms with E-state index in [0.29, 0.717) is 6.04 Å². The van der Waals surface area contributed by atoms with Gasteiger partial charge in [-0.05, 0) is 25.7 Å². The van der Waals surface area contributed by atoms with Gasteiger partial charge in [-0.3, -0.25) is 4.58 Å². The van der Waals surface area contributed by atoms with E-state index in [9.17, 15) is 5.11 Å². The normalized spacial score (nSPS) is 48.0. The van der Waals surface area contributed by atoms with Gasteiger partial charge in [0.1, 0.15) is 6.04 Å². The van der Waals surface area contributed by atoms with Gasteiger partial charge in [0, 0.05) is 32.1 Å². The second-order valence-electron chi connectivity index (χ2n) is 8.39. The van der Waals surface area contributed by atoms with Gasteiger partial charge >= 0.3 is 5.96 Å². The van der Waals surface area contributed by atoms with Crippen LogP contribution in [0.2, 0.25) is 0 Å². The van der Waals surface area contributed by atoms with Gasteiger partial charge in [0.25, 0.3) is 0 Å². The molecule has 0 saturated carbocycles. The molecule has 0 bridgehead atoms. The lowest BCUT2D eigenvalue weighted by Crippen LogP contribution is -2.72. The van der Waals surface area contributed by atoms with E-state index in [1.54, 1.807) is 0 Å². The second kappa shape index (κ2) is 5.58. The molecule has 6 nitrogen and oxygen atoms in total. The third-order valence-electron chi connectivity index (χ3n) is 6.72. The highest BCUT2D eigenvalue weighted by atomic mass is 16.5. The van der Waals surface area contributed by atoms with Crippen LogP contribution in [0.3, 0.4) is 0 Å². The molecule has 0 amide bonds. The Morgan fingerprint density at radius 2 is 1.58 bits per heavy atom. The minimum absolute atomic E-state index is 0.165. The fourth-order valence-electron chi connectivity index (χ4n) is 5.58. The summed E-state index contributed by atoms with van der Waals surface area (Å²) in [5, 5.41) is 18.2. The lowest BCUT2D eigenvalue weighted by molar-refractivity contribution is -0.606. The van der Waals surface area contributed by atoms with Crippen molar-refractivity contribution in [3.05, 3.63) is 0 Å². The first-order chi connectivity index (χ1) is 11.7. The maximum absolute atomic E-state index is 10.7. The summed E-state index contributed by atoms with van der Waals surface area (Å²) < 4.78 is 14.9. The number of rotatable bonds is 0. The molecule has 6 heteroatoms. The van der Waals surface area contributed by atoms with Crippen LogP contribution in [0.5, 0.6) is 0 Å². The Morgan fingerprint density at radius 3 is 2.38 bits per heavy atom. The first kappa shape index (κ1) is 15.4. The molecule has 2 spiro atoms. The number of nitrogens with zero attached hydrogens (tertiary/aromatic N) is 1. The Bertz CT molecular complexity index is 536. The number of nitrogens with one attached hydrogen (secondary N) is 2. The second-order valence-corrected chi connectivity index (χ2v) is 8.39. The van der Waals surface area contributed by atoms with Gasteiger partial charge in [-0.2, -0.15) is 0 Å². The average Bonchev–Trinajstić information content (AvgIpc) is 2.74. The molecular weight excluding hydrogens is 306 g/mol. The summed E-state index contributed by atoms with van der Waals surface area (Å²) in [7, 11) is 0. The third kappa shape index (κ3) is 2.37. The topological polar surface area (TPSA) is 65.8 Å². The van der Waals surface area contributed by atoms with Crippen molar-refractivity contribution in [2.75, 3.05) is 13.2 Å². The van der Waals surface area contributed by atoms with E-state index in [4.69, 9.17) is 9.47 Å². The first-order valence-electron chi connectivity index (χ1n) is 9.86. The Hall–Kier alpha value is -0.850. The predicted octanol–water partition coefficient (Wildman–Crippen LogP) is 1.03. The molecule has 0 aliphatic carbocycles. The smallest absolute Gasteiger partial charge is 0.351 e. The third-order valence-corrected chi connectivity index (χ3v) is 6.72. The lowest BCUT2D eigenvalue weighted by Gasteiger charge is -2.46. The van der Waals surface area contributed by atoms with Crippen molar-refractivity contribution >= 4 is 5.96 Å². The summed E-state index contributed by atoms with van der Waals surface area (Å²) in [4.78, 5) is 0. The van der Waals surface area contributed by atoms with Crippen LogP contribution in [0, 0.1) is 0 Å².